The molecule has 1 aromatic rings. The number of carbonyl (C=O) groups excluding carboxylic acids is 1. The molecule has 5 unspecified atom stereocenters. The number of benzene rings is 1. The Morgan fingerprint density at radius 3 is 2.47 bits per heavy atom. The van der Waals surface area contributed by atoms with E-state index in [1.165, 1.54) is 42.1 Å². The minimum absolute atomic E-state index is 0.106. The van der Waals surface area contributed by atoms with E-state index in [0.29, 0.717) is 48.7 Å². The molecule has 2 N–H and O–H groups in total. The molecular weight excluding hydrogens is 448 g/mol. The van der Waals surface area contributed by atoms with Crippen LogP contribution in [0.4, 0.5) is 0 Å². The molecule has 1 heterocycles. The van der Waals surface area contributed by atoms with Gasteiger partial charge in [-0.1, -0.05) is 30.9 Å². The highest BCUT2D eigenvalue weighted by Gasteiger charge is 2.56. The van der Waals surface area contributed by atoms with Gasteiger partial charge in [0.2, 0.25) is 15.9 Å². The minimum Gasteiger partial charge on any atom is -0.383 e. The predicted octanol–water partition coefficient (Wildman–Crippen LogP) is 3.58. The molecule has 4 fully saturated rings. The van der Waals surface area contributed by atoms with Crippen LogP contribution < -0.4 is 5.32 Å². The number of halogens is 1. The molecule has 3 aliphatic carbocycles. The van der Waals surface area contributed by atoms with Crippen LogP contribution in [0.5, 0.6) is 0 Å². The Hall–Kier alpha value is -1.15. The average Bonchev–Trinajstić information content (AvgIpc) is 2.94. The van der Waals surface area contributed by atoms with Gasteiger partial charge in [-0.3, -0.25) is 4.79 Å². The van der Waals surface area contributed by atoms with Crippen molar-refractivity contribution in [2.45, 2.75) is 74.8 Å². The molecule has 0 radical (unpaired) electrons. The number of nitrogens with zero attached hydrogens (tertiary/aromatic N) is 1. The number of nitrogens with one attached hydrogen (secondary N) is 1. The van der Waals surface area contributed by atoms with Gasteiger partial charge in [0.15, 0.2) is 0 Å². The molecule has 3 bridgehead atoms. The van der Waals surface area contributed by atoms with Gasteiger partial charge in [0.25, 0.3) is 0 Å². The number of hydrogen-bond acceptors (Lipinski definition) is 4. The zero-order valence-corrected chi connectivity index (χ0v) is 20.0. The van der Waals surface area contributed by atoms with Crippen molar-refractivity contribution >= 4 is 27.5 Å². The Labute approximate surface area is 195 Å². The van der Waals surface area contributed by atoms with Gasteiger partial charge in [-0.15, -0.1) is 0 Å². The van der Waals surface area contributed by atoms with Crippen LogP contribution in [-0.4, -0.2) is 49.0 Å². The quantitative estimate of drug-likeness (QED) is 0.674. The van der Waals surface area contributed by atoms with Crippen molar-refractivity contribution in [1.29, 1.82) is 0 Å². The fourth-order valence-electron chi connectivity index (χ4n) is 7.11. The lowest BCUT2D eigenvalue weighted by Crippen LogP contribution is -2.53. The zero-order valence-electron chi connectivity index (χ0n) is 18.4. The summed E-state index contributed by atoms with van der Waals surface area (Å²) in [4.78, 5) is 13.3. The normalized spacial score (nSPS) is 34.2. The first-order valence-electron chi connectivity index (χ1n) is 12.0. The van der Waals surface area contributed by atoms with Gasteiger partial charge in [0.1, 0.15) is 6.10 Å². The Morgan fingerprint density at radius 1 is 1.06 bits per heavy atom. The van der Waals surface area contributed by atoms with E-state index in [9.17, 15) is 18.3 Å². The summed E-state index contributed by atoms with van der Waals surface area (Å²) in [5.41, 5.74) is -0.249. The van der Waals surface area contributed by atoms with Crippen molar-refractivity contribution < 1.29 is 18.3 Å². The van der Waals surface area contributed by atoms with E-state index in [1.807, 2.05) is 0 Å². The fraction of sp³-hybridized carbons (Fsp3) is 0.708. The Balaban J connectivity index is 1.18. The van der Waals surface area contributed by atoms with Crippen LogP contribution >= 0.6 is 11.6 Å². The third kappa shape index (κ3) is 4.10. The molecule has 1 amide bonds. The molecule has 32 heavy (non-hydrogen) atoms. The van der Waals surface area contributed by atoms with E-state index >= 15 is 0 Å². The molecular formula is C24H33ClN2O4S. The van der Waals surface area contributed by atoms with Crippen molar-refractivity contribution in [3.8, 4) is 0 Å². The van der Waals surface area contributed by atoms with E-state index in [0.717, 1.165) is 19.3 Å². The highest BCUT2D eigenvalue weighted by Crippen LogP contribution is 2.61. The lowest BCUT2D eigenvalue weighted by molar-refractivity contribution is -0.139. The first-order chi connectivity index (χ1) is 15.3. The molecule has 6 nitrogen and oxygen atoms in total. The summed E-state index contributed by atoms with van der Waals surface area (Å²) in [6.45, 7) is 0.701. The summed E-state index contributed by atoms with van der Waals surface area (Å²) in [5.74, 6) is 1.75. The Morgan fingerprint density at radius 2 is 1.75 bits per heavy atom. The lowest BCUT2D eigenvalue weighted by Gasteiger charge is -2.41. The maximum absolute atomic E-state index is 13.0. The molecule has 0 spiro atoms. The summed E-state index contributed by atoms with van der Waals surface area (Å²) in [7, 11) is -3.57. The lowest BCUT2D eigenvalue weighted by atomic mass is 9.66. The smallest absolute Gasteiger partial charge is 0.249 e. The van der Waals surface area contributed by atoms with Crippen molar-refractivity contribution in [2.75, 3.05) is 13.1 Å². The van der Waals surface area contributed by atoms with Gasteiger partial charge >= 0.3 is 0 Å². The van der Waals surface area contributed by atoms with Crippen LogP contribution in [0, 0.1) is 23.2 Å². The van der Waals surface area contributed by atoms with E-state index < -0.39 is 16.1 Å². The molecule has 1 aromatic carbocycles. The monoisotopic (exact) mass is 480 g/mol. The van der Waals surface area contributed by atoms with Gasteiger partial charge in [0, 0.05) is 29.6 Å². The molecule has 1 aliphatic heterocycles. The highest BCUT2D eigenvalue weighted by molar-refractivity contribution is 7.89. The molecule has 1 saturated heterocycles. The van der Waals surface area contributed by atoms with Crippen LogP contribution in [0.15, 0.2) is 29.2 Å². The first-order valence-corrected chi connectivity index (χ1v) is 13.8. The van der Waals surface area contributed by atoms with Gasteiger partial charge < -0.3 is 10.4 Å². The second-order valence-electron chi connectivity index (χ2n) is 10.6. The van der Waals surface area contributed by atoms with Gasteiger partial charge in [-0.25, -0.2) is 8.42 Å². The maximum atomic E-state index is 13.0. The van der Waals surface area contributed by atoms with Crippen LogP contribution in [0.1, 0.15) is 57.8 Å². The van der Waals surface area contributed by atoms with Crippen LogP contribution in [-0.2, 0) is 14.8 Å². The second-order valence-corrected chi connectivity index (χ2v) is 12.9. The number of amides is 1. The van der Waals surface area contributed by atoms with E-state index in [-0.39, 0.29) is 22.3 Å². The van der Waals surface area contributed by atoms with Crippen molar-refractivity contribution in [3.63, 3.8) is 0 Å². The second kappa shape index (κ2) is 8.57. The van der Waals surface area contributed by atoms with E-state index in [1.54, 1.807) is 12.1 Å². The molecule has 5 rings (SSSR count). The molecule has 3 saturated carbocycles. The van der Waals surface area contributed by atoms with Gasteiger partial charge in [-0.2, -0.15) is 4.31 Å². The van der Waals surface area contributed by atoms with Gasteiger partial charge in [-0.05, 0) is 80.5 Å². The summed E-state index contributed by atoms with van der Waals surface area (Å²) in [6.07, 6.45) is 8.16. The number of piperidine rings is 1. The highest BCUT2D eigenvalue weighted by atomic mass is 35.5. The molecule has 4 aliphatic rings. The number of sulfonamides is 1. The number of carbonyl (C=O) groups is 1. The van der Waals surface area contributed by atoms with Crippen LogP contribution in [0.2, 0.25) is 5.02 Å². The third-order valence-corrected chi connectivity index (χ3v) is 10.8. The number of aliphatic hydroxyl groups excluding tert-OH is 1. The van der Waals surface area contributed by atoms with Crippen LogP contribution in [0.25, 0.3) is 0 Å². The van der Waals surface area contributed by atoms with E-state index in [2.05, 4.69) is 5.32 Å². The number of rotatable bonds is 5. The number of fused-ring (bicyclic) bond motifs is 2. The zero-order chi connectivity index (χ0) is 22.5. The first kappa shape index (κ1) is 22.6. The largest absolute Gasteiger partial charge is 0.383 e. The number of aliphatic hydroxyl groups is 1. The van der Waals surface area contributed by atoms with Crippen molar-refractivity contribution in [2.24, 2.45) is 23.2 Å². The summed E-state index contributed by atoms with van der Waals surface area (Å²) >= 11 is 5.88. The topological polar surface area (TPSA) is 86.7 Å². The van der Waals surface area contributed by atoms with Gasteiger partial charge in [0.05, 0.1) is 4.90 Å². The molecule has 0 aromatic heterocycles. The summed E-state index contributed by atoms with van der Waals surface area (Å²) in [6, 6.07) is 6.10. The van der Waals surface area contributed by atoms with Crippen LogP contribution in [0.3, 0.4) is 0 Å². The van der Waals surface area contributed by atoms with E-state index in [4.69, 9.17) is 11.6 Å². The molecule has 176 valence electrons. The molecule has 8 heteroatoms. The fourth-order valence-corrected chi connectivity index (χ4v) is 8.70. The van der Waals surface area contributed by atoms with Crippen molar-refractivity contribution in [3.05, 3.63) is 29.3 Å². The standard InChI is InChI=1S/C24H33ClN2O4S/c25-19-4-6-21(7-5-19)32(30,31)27-10-8-20(9-11-27)26-23(29)22(28)24-13-16-2-1-3-17(14-24)18(12-16)15-24/h4-7,16-18,20,22,28H,1-3,8-15H2,(H,26,29). The third-order valence-electron chi connectivity index (χ3n) is 8.60. The Bertz CT molecular complexity index is 957. The number of hydrogen-bond donors (Lipinski definition) is 2. The maximum Gasteiger partial charge on any atom is 0.249 e. The molecule has 5 atom stereocenters. The minimum atomic E-state index is -3.57. The summed E-state index contributed by atoms with van der Waals surface area (Å²) in [5, 5.41) is 14.7. The summed E-state index contributed by atoms with van der Waals surface area (Å²) < 4.78 is 27.2. The Kier molecular flexibility index (Phi) is 6.06. The SMILES string of the molecule is O=C(NC1CCN(S(=O)(=O)c2ccc(Cl)cc2)CC1)C(O)C12CC3CCCC(C1)C(C3)C2. The predicted molar refractivity (Wildman–Crippen MR) is 123 cm³/mol. The van der Waals surface area contributed by atoms with Crippen molar-refractivity contribution in [1.82, 2.24) is 9.62 Å². The average molecular weight is 481 g/mol.